The largest absolute Gasteiger partial charge is 0.377 e. The monoisotopic (exact) mass is 589 g/mol. The average molecular weight is 591 g/mol. The average Bonchev–Trinajstić information content (AvgIpc) is 2.89. The number of anilines is 1. The van der Waals surface area contributed by atoms with Gasteiger partial charge >= 0.3 is 0 Å². The predicted molar refractivity (Wildman–Crippen MR) is 165 cm³/mol. The molecule has 0 atom stereocenters. The Morgan fingerprint density at radius 1 is 0.789 bits per heavy atom. The minimum atomic E-state index is 0.432. The highest BCUT2D eigenvalue weighted by Gasteiger charge is 2.04. The van der Waals surface area contributed by atoms with E-state index in [-0.39, 0.29) is 0 Å². The summed E-state index contributed by atoms with van der Waals surface area (Å²) in [5, 5.41) is 4.92. The Kier molecular flexibility index (Phi) is 13.7. The maximum Gasteiger partial charge on any atom is 0.234 e. The highest BCUT2D eigenvalue weighted by atomic mass is 35.5. The second kappa shape index (κ2) is 16.4. The second-order valence-electron chi connectivity index (χ2n) is 8.60. The number of carbonyl (C=O) groups excluding carboxylic acids is 1. The van der Waals surface area contributed by atoms with E-state index < -0.39 is 0 Å². The molecule has 0 radical (unpaired) electrons. The Morgan fingerprint density at radius 3 is 1.84 bits per heavy atom. The first-order chi connectivity index (χ1) is 18.2. The third kappa shape index (κ3) is 9.96. The lowest BCUT2D eigenvalue weighted by molar-refractivity contribution is 0.563. The number of nitrogens with zero attached hydrogens (tertiary/aromatic N) is 2. The normalized spacial score (nSPS) is 10.0. The molecule has 0 bridgehead atoms. The van der Waals surface area contributed by atoms with Crippen molar-refractivity contribution in [2.24, 2.45) is 10.7 Å². The van der Waals surface area contributed by atoms with E-state index in [1.165, 1.54) is 28.1 Å². The van der Waals surface area contributed by atoms with Crippen molar-refractivity contribution in [3.63, 3.8) is 0 Å². The predicted octanol–water partition coefficient (Wildman–Crippen LogP) is 8.58. The molecule has 0 fully saturated rings. The van der Waals surface area contributed by atoms with E-state index >= 15 is 0 Å². The molecule has 4 aromatic carbocycles. The minimum absolute atomic E-state index is 0.432. The Balaban J connectivity index is 0.000000202. The van der Waals surface area contributed by atoms with Crippen LogP contribution in [0.3, 0.4) is 0 Å². The minimum Gasteiger partial charge on any atom is -0.377 e. The first-order valence-electron chi connectivity index (χ1n) is 11.9. The number of rotatable bonds is 6. The molecule has 0 amide bonds. The van der Waals surface area contributed by atoms with Crippen LogP contribution in [0.4, 0.5) is 5.69 Å². The molecule has 0 aromatic heterocycles. The molecule has 0 spiro atoms. The van der Waals surface area contributed by atoms with E-state index in [1.54, 1.807) is 18.2 Å². The van der Waals surface area contributed by atoms with Crippen LogP contribution in [0, 0.1) is 6.92 Å². The van der Waals surface area contributed by atoms with Crippen LogP contribution in [0.25, 0.3) is 10.8 Å². The third-order valence-corrected chi connectivity index (χ3v) is 7.03. The molecule has 0 aliphatic rings. The highest BCUT2D eigenvalue weighted by molar-refractivity contribution is 6.42. The van der Waals surface area contributed by atoms with Gasteiger partial charge in [-0.3, -0.25) is 0 Å². The Bertz CT molecular complexity index is 1380. The Morgan fingerprint density at radius 2 is 1.34 bits per heavy atom. The van der Waals surface area contributed by atoms with Gasteiger partial charge in [-0.15, -0.1) is 0 Å². The van der Waals surface area contributed by atoms with Crippen molar-refractivity contribution in [1.82, 2.24) is 0 Å². The number of hydrogen-bond donors (Lipinski definition) is 1. The van der Waals surface area contributed by atoms with E-state index in [0.717, 1.165) is 17.5 Å². The van der Waals surface area contributed by atoms with Gasteiger partial charge in [-0.05, 0) is 78.7 Å². The summed E-state index contributed by atoms with van der Waals surface area (Å²) < 4.78 is 0. The number of aliphatic imine (C=N–C) groups is 1. The highest BCUT2D eigenvalue weighted by Crippen LogP contribution is 2.28. The fourth-order valence-corrected chi connectivity index (χ4v) is 4.31. The molecule has 0 heterocycles. The summed E-state index contributed by atoms with van der Waals surface area (Å²) >= 11 is 23.0. The van der Waals surface area contributed by atoms with Crippen LogP contribution in [0.1, 0.15) is 16.7 Å². The molecule has 4 nitrogen and oxygen atoms in total. The molecular formula is C30H31Cl4N3O. The topological polar surface area (TPSA) is 58.7 Å². The van der Waals surface area contributed by atoms with E-state index in [1.807, 2.05) is 18.2 Å². The zero-order valence-electron chi connectivity index (χ0n) is 21.6. The molecule has 0 aliphatic carbocycles. The van der Waals surface area contributed by atoms with E-state index in [2.05, 4.69) is 67.3 Å². The number of nitrogens with two attached hydrogens (primary N) is 1. The lowest BCUT2D eigenvalue weighted by Gasteiger charge is -2.16. The molecule has 0 aliphatic heterocycles. The number of isocyanates is 1. The fraction of sp³-hybridized carbons (Fsp3) is 0.233. The number of halogens is 4. The second-order valence-corrected chi connectivity index (χ2v) is 10.2. The van der Waals surface area contributed by atoms with Crippen molar-refractivity contribution in [2.75, 3.05) is 32.1 Å². The summed E-state index contributed by atoms with van der Waals surface area (Å²) in [7, 11) is 4.17. The van der Waals surface area contributed by atoms with Crippen LogP contribution in [0.2, 0.25) is 20.1 Å². The molecule has 8 heteroatoms. The van der Waals surface area contributed by atoms with Crippen molar-refractivity contribution in [3.8, 4) is 0 Å². The maximum atomic E-state index is 9.78. The van der Waals surface area contributed by atoms with Crippen molar-refractivity contribution >= 4 is 68.9 Å². The molecule has 2 N–H and O–H groups in total. The van der Waals surface area contributed by atoms with E-state index in [9.17, 15) is 4.79 Å². The molecule has 0 saturated heterocycles. The molecule has 38 heavy (non-hydrogen) atoms. The zero-order chi connectivity index (χ0) is 28.1. The van der Waals surface area contributed by atoms with Crippen molar-refractivity contribution in [2.45, 2.75) is 19.8 Å². The van der Waals surface area contributed by atoms with E-state index in [0.29, 0.717) is 39.6 Å². The SMILES string of the molecule is Cc1cccc2cccc(N(C)C)c12.NCCc1ccc(Cl)c(Cl)c1.O=C=NCCc1ccc(Cl)c(Cl)c1. The molecule has 4 rings (SSSR count). The quantitative estimate of drug-likeness (QED) is 0.181. The van der Waals surface area contributed by atoms with Gasteiger partial charge in [0.25, 0.3) is 0 Å². The van der Waals surface area contributed by atoms with Crippen LogP contribution in [-0.4, -0.2) is 33.3 Å². The van der Waals surface area contributed by atoms with Crippen LogP contribution in [-0.2, 0) is 17.6 Å². The lowest BCUT2D eigenvalue weighted by Crippen LogP contribution is -2.09. The van der Waals surface area contributed by atoms with Gasteiger partial charge in [-0.25, -0.2) is 9.79 Å². The smallest absolute Gasteiger partial charge is 0.234 e. The summed E-state index contributed by atoms with van der Waals surface area (Å²) in [6, 6.07) is 23.8. The zero-order valence-corrected chi connectivity index (χ0v) is 24.7. The Hall–Kier alpha value is -2.56. The molecule has 0 saturated carbocycles. The van der Waals surface area contributed by atoms with Crippen molar-refractivity contribution < 1.29 is 4.79 Å². The maximum absolute atomic E-state index is 9.78. The van der Waals surface area contributed by atoms with Crippen LogP contribution >= 0.6 is 46.4 Å². The van der Waals surface area contributed by atoms with Crippen molar-refractivity contribution in [1.29, 1.82) is 0 Å². The molecular weight excluding hydrogens is 560 g/mol. The lowest BCUT2D eigenvalue weighted by atomic mass is 10.0. The summed E-state index contributed by atoms with van der Waals surface area (Å²) in [5.74, 6) is 0. The molecule has 200 valence electrons. The standard InChI is InChI=1S/C13H15N.C9H7Cl2NO.C8H9Cl2N/c1-10-6-4-7-11-8-5-9-12(13(10)11)14(2)3;10-8-2-1-7(5-9(8)11)3-4-12-6-13;9-7-2-1-6(3-4-11)5-8(7)10/h4-9H,1-3H3;1-2,5H,3-4H2;1-2,5H,3-4,11H2. The van der Waals surface area contributed by atoms with Gasteiger partial charge in [-0.2, -0.15) is 0 Å². The first kappa shape index (κ1) is 31.7. The van der Waals surface area contributed by atoms with Gasteiger partial charge in [0, 0.05) is 25.2 Å². The van der Waals surface area contributed by atoms with Gasteiger partial charge in [0.05, 0.1) is 26.6 Å². The fourth-order valence-electron chi connectivity index (χ4n) is 3.67. The van der Waals surface area contributed by atoms with Crippen LogP contribution in [0.15, 0.2) is 77.8 Å². The summed E-state index contributed by atoms with van der Waals surface area (Å²) in [4.78, 5) is 15.4. The van der Waals surface area contributed by atoms with Gasteiger partial charge in [0.1, 0.15) is 0 Å². The van der Waals surface area contributed by atoms with E-state index in [4.69, 9.17) is 52.1 Å². The van der Waals surface area contributed by atoms with Gasteiger partial charge < -0.3 is 10.6 Å². The first-order valence-corrected chi connectivity index (χ1v) is 13.5. The van der Waals surface area contributed by atoms with Gasteiger partial charge in [-0.1, -0.05) is 88.9 Å². The number of aryl methyl sites for hydroxylation is 1. The molecule has 0 unspecified atom stereocenters. The summed E-state index contributed by atoms with van der Waals surface area (Å²) in [5.41, 5.74) is 10.1. The van der Waals surface area contributed by atoms with Gasteiger partial charge in [0.15, 0.2) is 0 Å². The van der Waals surface area contributed by atoms with Crippen molar-refractivity contribution in [3.05, 3.63) is 110 Å². The van der Waals surface area contributed by atoms with Crippen LogP contribution in [0.5, 0.6) is 0 Å². The Labute approximate surface area is 245 Å². The molecule has 4 aromatic rings. The van der Waals surface area contributed by atoms with Gasteiger partial charge in [0.2, 0.25) is 6.08 Å². The number of hydrogen-bond acceptors (Lipinski definition) is 4. The third-order valence-electron chi connectivity index (χ3n) is 5.55. The number of benzene rings is 4. The summed E-state index contributed by atoms with van der Waals surface area (Å²) in [6.07, 6.45) is 3.00. The van der Waals surface area contributed by atoms with Crippen LogP contribution < -0.4 is 10.6 Å². The summed E-state index contributed by atoms with van der Waals surface area (Å²) in [6.45, 7) is 3.23. The number of fused-ring (bicyclic) bond motifs is 1.